The Bertz CT molecular complexity index is 798. The molecule has 0 N–H and O–H groups in total. The van der Waals surface area contributed by atoms with Gasteiger partial charge in [-0.05, 0) is 86.3 Å². The maximum Gasteiger partial charge on any atom is 0.416 e. The minimum Gasteiger partial charge on any atom is -0.423 e. The zero-order valence-corrected chi connectivity index (χ0v) is 18.8. The molecule has 178 valence electrons. The van der Waals surface area contributed by atoms with E-state index in [9.17, 15) is 22.4 Å². The van der Waals surface area contributed by atoms with Gasteiger partial charge in [-0.25, -0.2) is 4.39 Å². The van der Waals surface area contributed by atoms with E-state index in [2.05, 4.69) is 6.92 Å². The molecule has 0 saturated heterocycles. The van der Waals surface area contributed by atoms with Crippen LogP contribution in [0.4, 0.5) is 17.6 Å². The van der Waals surface area contributed by atoms with Crippen molar-refractivity contribution in [3.63, 3.8) is 0 Å². The fourth-order valence-electron chi connectivity index (χ4n) is 6.73. The molecule has 6 heteroatoms. The fourth-order valence-corrected chi connectivity index (χ4v) is 6.73. The number of alkyl halides is 3. The maximum absolute atomic E-state index is 14.2. The Labute approximate surface area is 188 Å². The maximum atomic E-state index is 14.2. The summed E-state index contributed by atoms with van der Waals surface area (Å²) in [4.78, 5) is 12.9. The number of ether oxygens (including phenoxy) is 1. The minimum absolute atomic E-state index is 0.247. The van der Waals surface area contributed by atoms with Crippen molar-refractivity contribution in [2.24, 2.45) is 35.5 Å². The van der Waals surface area contributed by atoms with Crippen LogP contribution in [-0.4, -0.2) is 5.97 Å². The van der Waals surface area contributed by atoms with Gasteiger partial charge in [0, 0.05) is 0 Å². The molecule has 0 radical (unpaired) electrons. The van der Waals surface area contributed by atoms with Crippen LogP contribution in [0.1, 0.15) is 83.1 Å². The number of esters is 1. The SMILES string of the molecule is CCC1CCC(C2CCC3C(CCCC3C(=O)Oc3ccc(C(F)(F)F)cc3F)C2)CC1. The van der Waals surface area contributed by atoms with Gasteiger partial charge >= 0.3 is 12.1 Å². The molecule has 3 saturated carbocycles. The number of carbonyl (C=O) groups is 1. The van der Waals surface area contributed by atoms with Crippen molar-refractivity contribution in [1.82, 2.24) is 0 Å². The van der Waals surface area contributed by atoms with E-state index in [0.717, 1.165) is 55.6 Å². The van der Waals surface area contributed by atoms with Gasteiger partial charge < -0.3 is 4.74 Å². The predicted octanol–water partition coefficient (Wildman–Crippen LogP) is 7.80. The fraction of sp³-hybridized carbons (Fsp3) is 0.731. The highest BCUT2D eigenvalue weighted by atomic mass is 19.4. The predicted molar refractivity (Wildman–Crippen MR) is 114 cm³/mol. The van der Waals surface area contributed by atoms with Gasteiger partial charge in [-0.3, -0.25) is 4.79 Å². The van der Waals surface area contributed by atoms with Crippen LogP contribution in [0.5, 0.6) is 5.75 Å². The quantitative estimate of drug-likeness (QED) is 0.264. The van der Waals surface area contributed by atoms with Crippen molar-refractivity contribution in [1.29, 1.82) is 0 Å². The normalized spacial score (nSPS) is 33.4. The van der Waals surface area contributed by atoms with Crippen LogP contribution in [-0.2, 0) is 11.0 Å². The zero-order valence-electron chi connectivity index (χ0n) is 18.8. The Morgan fingerprint density at radius 2 is 1.69 bits per heavy atom. The van der Waals surface area contributed by atoms with Crippen LogP contribution in [0.25, 0.3) is 0 Å². The number of hydrogen-bond acceptors (Lipinski definition) is 2. The highest BCUT2D eigenvalue weighted by Crippen LogP contribution is 2.50. The zero-order chi connectivity index (χ0) is 22.9. The van der Waals surface area contributed by atoms with E-state index in [4.69, 9.17) is 4.74 Å². The minimum atomic E-state index is -4.63. The lowest BCUT2D eigenvalue weighted by molar-refractivity contribution is -0.144. The summed E-state index contributed by atoms with van der Waals surface area (Å²) in [6, 6.07) is 2.07. The number of fused-ring (bicyclic) bond motifs is 1. The van der Waals surface area contributed by atoms with Gasteiger partial charge in [-0.15, -0.1) is 0 Å². The number of halogens is 4. The Morgan fingerprint density at radius 1 is 0.969 bits per heavy atom. The van der Waals surface area contributed by atoms with Crippen LogP contribution >= 0.6 is 0 Å². The highest BCUT2D eigenvalue weighted by molar-refractivity contribution is 5.75. The average molecular weight is 455 g/mol. The van der Waals surface area contributed by atoms with Crippen molar-refractivity contribution in [3.8, 4) is 5.75 Å². The number of benzene rings is 1. The van der Waals surface area contributed by atoms with E-state index < -0.39 is 29.3 Å². The third kappa shape index (κ3) is 5.14. The summed E-state index contributed by atoms with van der Waals surface area (Å²) in [5.41, 5.74) is -1.08. The van der Waals surface area contributed by atoms with Gasteiger partial charge in [-0.2, -0.15) is 13.2 Å². The van der Waals surface area contributed by atoms with Gasteiger partial charge in [0.25, 0.3) is 0 Å². The van der Waals surface area contributed by atoms with E-state index >= 15 is 0 Å². The topological polar surface area (TPSA) is 26.3 Å². The number of hydrogen-bond donors (Lipinski definition) is 0. The van der Waals surface area contributed by atoms with Crippen LogP contribution in [0.15, 0.2) is 18.2 Å². The van der Waals surface area contributed by atoms with Crippen molar-refractivity contribution in [2.45, 2.75) is 83.7 Å². The summed E-state index contributed by atoms with van der Waals surface area (Å²) < 4.78 is 57.8. The van der Waals surface area contributed by atoms with E-state index in [1.807, 2.05) is 0 Å². The molecule has 0 spiro atoms. The third-order valence-corrected chi connectivity index (χ3v) is 8.60. The first-order chi connectivity index (χ1) is 15.3. The summed E-state index contributed by atoms with van der Waals surface area (Å²) in [5.74, 6) is 0.870. The lowest BCUT2D eigenvalue weighted by Crippen LogP contribution is -2.40. The Kier molecular flexibility index (Phi) is 7.16. The largest absolute Gasteiger partial charge is 0.423 e. The van der Waals surface area contributed by atoms with E-state index in [1.165, 1.54) is 38.5 Å². The van der Waals surface area contributed by atoms with Crippen molar-refractivity contribution >= 4 is 5.97 Å². The molecule has 32 heavy (non-hydrogen) atoms. The molecule has 3 aliphatic carbocycles. The van der Waals surface area contributed by atoms with Gasteiger partial charge in [0.1, 0.15) is 0 Å². The third-order valence-electron chi connectivity index (χ3n) is 8.60. The Morgan fingerprint density at radius 3 is 2.34 bits per heavy atom. The molecule has 0 bridgehead atoms. The summed E-state index contributed by atoms with van der Waals surface area (Å²) in [7, 11) is 0. The molecule has 0 heterocycles. The molecule has 2 nitrogen and oxygen atoms in total. The van der Waals surface area contributed by atoms with Crippen LogP contribution in [0.3, 0.4) is 0 Å². The molecule has 0 amide bonds. The second-order valence-electron chi connectivity index (χ2n) is 10.3. The standard InChI is InChI=1S/C26H34F4O2/c1-2-16-6-8-17(9-7-16)18-10-12-21-19(14-18)4-3-5-22(21)25(31)32-24-13-11-20(15-23(24)27)26(28,29)30/h11,13,15-19,21-22H,2-10,12,14H2,1H3. The molecule has 0 aromatic heterocycles. The molecule has 1 aromatic rings. The molecule has 0 aliphatic heterocycles. The molecule has 3 fully saturated rings. The smallest absolute Gasteiger partial charge is 0.416 e. The van der Waals surface area contributed by atoms with Crippen molar-refractivity contribution < 1.29 is 27.1 Å². The van der Waals surface area contributed by atoms with E-state index in [-0.39, 0.29) is 11.8 Å². The van der Waals surface area contributed by atoms with Gasteiger partial charge in [-0.1, -0.05) is 39.0 Å². The lowest BCUT2D eigenvalue weighted by atomic mass is 9.59. The number of rotatable bonds is 4. The summed E-state index contributed by atoms with van der Waals surface area (Å²) in [6.07, 6.45) is 8.12. The van der Waals surface area contributed by atoms with E-state index in [1.54, 1.807) is 0 Å². The van der Waals surface area contributed by atoms with Gasteiger partial charge in [0.05, 0.1) is 11.5 Å². The van der Waals surface area contributed by atoms with Crippen LogP contribution in [0.2, 0.25) is 0 Å². The molecule has 1 aromatic carbocycles. The first-order valence-corrected chi connectivity index (χ1v) is 12.3. The van der Waals surface area contributed by atoms with Crippen molar-refractivity contribution in [3.05, 3.63) is 29.6 Å². The second kappa shape index (κ2) is 9.72. The van der Waals surface area contributed by atoms with Crippen molar-refractivity contribution in [2.75, 3.05) is 0 Å². The van der Waals surface area contributed by atoms with Crippen LogP contribution < -0.4 is 4.74 Å². The first kappa shape index (κ1) is 23.6. The molecular weight excluding hydrogens is 420 g/mol. The molecule has 4 atom stereocenters. The van der Waals surface area contributed by atoms with Crippen LogP contribution in [0, 0.1) is 41.3 Å². The Balaban J connectivity index is 1.37. The first-order valence-electron chi connectivity index (χ1n) is 12.3. The lowest BCUT2D eigenvalue weighted by Gasteiger charge is -2.46. The second-order valence-corrected chi connectivity index (χ2v) is 10.3. The monoisotopic (exact) mass is 454 g/mol. The number of carbonyl (C=O) groups excluding carboxylic acids is 1. The summed E-state index contributed by atoms with van der Waals surface area (Å²) >= 11 is 0. The molecule has 4 rings (SSSR count). The summed E-state index contributed by atoms with van der Waals surface area (Å²) in [5, 5.41) is 0. The average Bonchev–Trinajstić information content (AvgIpc) is 2.79. The van der Waals surface area contributed by atoms with Gasteiger partial charge in [0.2, 0.25) is 0 Å². The van der Waals surface area contributed by atoms with Gasteiger partial charge in [0.15, 0.2) is 11.6 Å². The molecule has 4 unspecified atom stereocenters. The van der Waals surface area contributed by atoms with E-state index in [0.29, 0.717) is 18.4 Å². The highest BCUT2D eigenvalue weighted by Gasteiger charge is 2.43. The molecular formula is C26H34F4O2. The summed E-state index contributed by atoms with van der Waals surface area (Å²) in [6.45, 7) is 2.29. The molecule has 3 aliphatic rings. The Hall–Kier alpha value is -1.59.